The number of fused-ring (bicyclic) bond motifs is 2. The average Bonchev–Trinajstić information content (AvgIpc) is 2.96. The fourth-order valence-corrected chi connectivity index (χ4v) is 5.58. The normalized spacial score (nSPS) is 25.6. The van der Waals surface area contributed by atoms with Gasteiger partial charge in [-0.3, -0.25) is 9.69 Å². The maximum absolute atomic E-state index is 14.0. The average molecular weight is 517 g/mol. The molecule has 4 aliphatic rings. The van der Waals surface area contributed by atoms with Gasteiger partial charge in [0.05, 0.1) is 30.9 Å². The molecule has 1 aromatic carbocycles. The maximum Gasteiger partial charge on any atom is 0.419 e. The smallest absolute Gasteiger partial charge is 0.378 e. The minimum atomic E-state index is -4.92. The van der Waals surface area contributed by atoms with Crippen molar-refractivity contribution >= 4 is 11.6 Å². The molecule has 0 aromatic heterocycles. The van der Waals surface area contributed by atoms with Crippen LogP contribution < -0.4 is 5.43 Å². The third kappa shape index (κ3) is 5.51. The number of nitrogens with one attached hydrogen (secondary N) is 1. The number of halogens is 5. The minimum Gasteiger partial charge on any atom is -0.378 e. The van der Waals surface area contributed by atoms with Gasteiger partial charge in [0.25, 0.3) is 5.91 Å². The predicted molar refractivity (Wildman–Crippen MR) is 125 cm³/mol. The van der Waals surface area contributed by atoms with Crippen LogP contribution >= 0.6 is 0 Å². The van der Waals surface area contributed by atoms with Gasteiger partial charge in [-0.2, -0.15) is 18.3 Å². The van der Waals surface area contributed by atoms with Crippen molar-refractivity contribution < 1.29 is 31.5 Å². The number of amides is 1. The quantitative estimate of drug-likeness (QED) is 0.614. The number of carbonyl (C=O) groups is 1. The van der Waals surface area contributed by atoms with E-state index in [1.165, 1.54) is 0 Å². The van der Waals surface area contributed by atoms with E-state index in [4.69, 9.17) is 4.74 Å². The van der Waals surface area contributed by atoms with E-state index in [-0.39, 0.29) is 55.4 Å². The number of piperidine rings is 1. The standard InChI is InChI=1S/C23H27F5N4O2.C2H6/c24-15-8-18(20(19(25)9-15)23(26,27)28)13-1-4-31(5-2-13)22(33)21-14-3-6-32(17-11-34-12-17)10-16(7-14)29-30-21;1-2/h8-9,13-14,16-17,29H,1-7,10-12H2;1-2H3. The summed E-state index contributed by atoms with van der Waals surface area (Å²) in [7, 11) is 0. The molecular formula is C25H33F5N4O2. The molecule has 0 radical (unpaired) electrons. The Morgan fingerprint density at radius 3 is 2.33 bits per heavy atom. The number of benzene rings is 1. The molecule has 4 heterocycles. The molecular weight excluding hydrogens is 483 g/mol. The molecule has 0 saturated carbocycles. The molecule has 4 aliphatic heterocycles. The fourth-order valence-electron chi connectivity index (χ4n) is 5.58. The Morgan fingerprint density at radius 2 is 1.72 bits per heavy atom. The molecule has 6 nitrogen and oxygen atoms in total. The van der Waals surface area contributed by atoms with E-state index >= 15 is 0 Å². The van der Waals surface area contributed by atoms with E-state index in [0.717, 1.165) is 45.2 Å². The number of carbonyl (C=O) groups excluding carboxylic acids is 1. The number of likely N-dealkylation sites (tertiary alicyclic amines) is 2. The number of nitrogens with zero attached hydrogens (tertiary/aromatic N) is 3. The van der Waals surface area contributed by atoms with Crippen LogP contribution in [0.5, 0.6) is 0 Å². The number of ether oxygens (including phenoxy) is 1. The van der Waals surface area contributed by atoms with Crippen LogP contribution in [0.4, 0.5) is 22.0 Å². The molecule has 3 fully saturated rings. The summed E-state index contributed by atoms with van der Waals surface area (Å²) >= 11 is 0. The Bertz CT molecular complexity index is 974. The zero-order chi connectivity index (χ0) is 26.0. The molecule has 1 N–H and O–H groups in total. The fraction of sp³-hybridized carbons (Fsp3) is 0.680. The van der Waals surface area contributed by atoms with E-state index in [1.807, 2.05) is 13.8 Å². The Labute approximate surface area is 207 Å². The van der Waals surface area contributed by atoms with Gasteiger partial charge in [0, 0.05) is 31.6 Å². The summed E-state index contributed by atoms with van der Waals surface area (Å²) in [5, 5.41) is 4.40. The van der Waals surface area contributed by atoms with Crippen molar-refractivity contribution in [3.05, 3.63) is 34.9 Å². The van der Waals surface area contributed by atoms with Gasteiger partial charge in [0.15, 0.2) is 0 Å². The molecule has 1 amide bonds. The van der Waals surface area contributed by atoms with E-state index in [0.29, 0.717) is 11.8 Å². The molecule has 2 unspecified atom stereocenters. The zero-order valence-electron chi connectivity index (χ0n) is 20.6. The van der Waals surface area contributed by atoms with Gasteiger partial charge in [-0.15, -0.1) is 0 Å². The Hall–Kier alpha value is -2.27. The van der Waals surface area contributed by atoms with Gasteiger partial charge >= 0.3 is 6.18 Å². The third-order valence-electron chi connectivity index (χ3n) is 7.49. The van der Waals surface area contributed by atoms with Crippen molar-refractivity contribution in [1.29, 1.82) is 0 Å². The first-order valence-electron chi connectivity index (χ1n) is 12.7. The zero-order valence-corrected chi connectivity index (χ0v) is 20.6. The van der Waals surface area contributed by atoms with Gasteiger partial charge in [-0.1, -0.05) is 13.8 Å². The van der Waals surface area contributed by atoms with Crippen LogP contribution in [0.15, 0.2) is 17.2 Å². The minimum absolute atomic E-state index is 0.0246. The molecule has 0 aliphatic carbocycles. The summed E-state index contributed by atoms with van der Waals surface area (Å²) in [5.41, 5.74) is 1.80. The third-order valence-corrected chi connectivity index (χ3v) is 7.49. The lowest BCUT2D eigenvalue weighted by Gasteiger charge is -2.37. The van der Waals surface area contributed by atoms with Crippen molar-refractivity contribution in [2.24, 2.45) is 11.0 Å². The highest BCUT2D eigenvalue weighted by molar-refractivity contribution is 6.39. The molecule has 1 aromatic rings. The lowest BCUT2D eigenvalue weighted by atomic mass is 9.85. The summed E-state index contributed by atoms with van der Waals surface area (Å²) in [5.74, 6) is -3.51. The van der Waals surface area contributed by atoms with Crippen LogP contribution in [0, 0.1) is 17.6 Å². The second kappa shape index (κ2) is 11.0. The van der Waals surface area contributed by atoms with Gasteiger partial charge in [0.1, 0.15) is 17.3 Å². The number of rotatable bonds is 3. The topological polar surface area (TPSA) is 57.2 Å². The maximum atomic E-state index is 14.0. The highest BCUT2D eigenvalue weighted by Crippen LogP contribution is 2.41. The van der Waals surface area contributed by atoms with Crippen molar-refractivity contribution in [3.8, 4) is 0 Å². The summed E-state index contributed by atoms with van der Waals surface area (Å²) in [6, 6.07) is 1.61. The van der Waals surface area contributed by atoms with Crippen LogP contribution in [-0.2, 0) is 15.7 Å². The van der Waals surface area contributed by atoms with Crippen LogP contribution in [0.2, 0.25) is 0 Å². The summed E-state index contributed by atoms with van der Waals surface area (Å²) in [6.45, 7) is 7.58. The molecule has 0 spiro atoms. The van der Waals surface area contributed by atoms with Crippen LogP contribution in [0.3, 0.4) is 0 Å². The van der Waals surface area contributed by atoms with Gasteiger partial charge < -0.3 is 15.1 Å². The number of alkyl halides is 3. The molecule has 36 heavy (non-hydrogen) atoms. The summed E-state index contributed by atoms with van der Waals surface area (Å²) in [4.78, 5) is 17.2. The monoisotopic (exact) mass is 516 g/mol. The van der Waals surface area contributed by atoms with Gasteiger partial charge in [0.2, 0.25) is 0 Å². The van der Waals surface area contributed by atoms with Crippen molar-refractivity contribution in [3.63, 3.8) is 0 Å². The number of hydrazone groups is 1. The largest absolute Gasteiger partial charge is 0.419 e. The molecule has 200 valence electrons. The van der Waals surface area contributed by atoms with Crippen molar-refractivity contribution in [2.75, 3.05) is 39.4 Å². The van der Waals surface area contributed by atoms with Crippen molar-refractivity contribution in [2.45, 2.75) is 63.7 Å². The van der Waals surface area contributed by atoms with Crippen molar-refractivity contribution in [1.82, 2.24) is 15.2 Å². The summed E-state index contributed by atoms with van der Waals surface area (Å²) < 4.78 is 73.4. The highest BCUT2D eigenvalue weighted by atomic mass is 19.4. The number of hydrogen-bond donors (Lipinski definition) is 1. The van der Waals surface area contributed by atoms with E-state index in [9.17, 15) is 26.7 Å². The Morgan fingerprint density at radius 1 is 1.06 bits per heavy atom. The number of hydrogen-bond acceptors (Lipinski definition) is 5. The first-order chi connectivity index (χ1) is 17.2. The second-order valence-electron chi connectivity index (χ2n) is 9.65. The van der Waals surface area contributed by atoms with Crippen LogP contribution in [0.25, 0.3) is 0 Å². The van der Waals surface area contributed by atoms with Crippen LogP contribution in [-0.4, -0.2) is 72.9 Å². The lowest BCUT2D eigenvalue weighted by molar-refractivity contribution is -0.141. The highest BCUT2D eigenvalue weighted by Gasteiger charge is 2.42. The van der Waals surface area contributed by atoms with E-state index in [1.54, 1.807) is 4.90 Å². The van der Waals surface area contributed by atoms with Gasteiger partial charge in [-0.25, -0.2) is 8.78 Å². The Kier molecular flexibility index (Phi) is 8.18. The first kappa shape index (κ1) is 26.8. The molecule has 3 saturated heterocycles. The SMILES string of the molecule is CC.O=C(C1=NNC2CC1CCN(C1COC1)C2)N1CCC(c2cc(F)cc(F)c2C(F)(F)F)CC1. The second-order valence-corrected chi connectivity index (χ2v) is 9.65. The molecule has 11 heteroatoms. The first-order valence-corrected chi connectivity index (χ1v) is 12.7. The summed E-state index contributed by atoms with van der Waals surface area (Å²) in [6.07, 6.45) is -2.91. The lowest BCUT2D eigenvalue weighted by Crippen LogP contribution is -2.52. The Balaban J connectivity index is 0.00000148. The van der Waals surface area contributed by atoms with E-state index in [2.05, 4.69) is 15.4 Å². The van der Waals surface area contributed by atoms with Crippen LogP contribution in [0.1, 0.15) is 56.6 Å². The molecule has 5 rings (SSSR count). The predicted octanol–water partition coefficient (Wildman–Crippen LogP) is 4.15. The van der Waals surface area contributed by atoms with E-state index < -0.39 is 29.3 Å². The van der Waals surface area contributed by atoms with Gasteiger partial charge in [-0.05, 0) is 49.8 Å². The molecule has 2 bridgehead atoms. The molecule has 2 atom stereocenters.